The number of nitro groups is 1. The summed E-state index contributed by atoms with van der Waals surface area (Å²) in [5.74, 6) is -2.14. The van der Waals surface area contributed by atoms with Crippen molar-refractivity contribution in [2.24, 2.45) is 0 Å². The number of β-amino-alcohol motifs (C(OH)–C–C–N with tert-alkyl or cyclic N) is 1. The Labute approximate surface area is 166 Å². The zero-order valence-corrected chi connectivity index (χ0v) is 15.3. The number of aliphatic hydroxyl groups excluding tert-OH is 2. The first-order valence-electron chi connectivity index (χ1n) is 8.80. The van der Waals surface area contributed by atoms with Crippen LogP contribution in [0.3, 0.4) is 0 Å². The summed E-state index contributed by atoms with van der Waals surface area (Å²) >= 11 is 0. The van der Waals surface area contributed by atoms with E-state index in [9.17, 15) is 29.9 Å². The van der Waals surface area contributed by atoms with Crippen molar-refractivity contribution in [1.82, 2.24) is 4.90 Å². The molecule has 0 bridgehead atoms. The van der Waals surface area contributed by atoms with E-state index in [4.69, 9.17) is 0 Å². The van der Waals surface area contributed by atoms with Gasteiger partial charge in [0.05, 0.1) is 23.1 Å². The normalized spacial score (nSPS) is 16.7. The molecule has 8 heteroatoms. The van der Waals surface area contributed by atoms with E-state index in [-0.39, 0.29) is 17.8 Å². The fourth-order valence-electron chi connectivity index (χ4n) is 3.22. The smallest absolute Gasteiger partial charge is 0.290 e. The van der Waals surface area contributed by atoms with Crippen molar-refractivity contribution in [3.8, 4) is 0 Å². The van der Waals surface area contributed by atoms with E-state index >= 15 is 0 Å². The lowest BCUT2D eigenvalue weighted by Gasteiger charge is -2.25. The summed E-state index contributed by atoms with van der Waals surface area (Å²) in [5, 5.41) is 30.8. The second-order valence-corrected chi connectivity index (χ2v) is 6.35. The van der Waals surface area contributed by atoms with E-state index in [1.807, 2.05) is 6.07 Å². The summed E-state index contributed by atoms with van der Waals surface area (Å²) in [7, 11) is 0. The van der Waals surface area contributed by atoms with Gasteiger partial charge >= 0.3 is 0 Å². The summed E-state index contributed by atoms with van der Waals surface area (Å²) in [4.78, 5) is 37.0. The van der Waals surface area contributed by atoms with E-state index in [2.05, 4.69) is 0 Å². The Bertz CT molecular complexity index is 1010. The lowest BCUT2D eigenvalue weighted by atomic mass is 9.95. The summed E-state index contributed by atoms with van der Waals surface area (Å²) in [5.41, 5.74) is 0.652. The SMILES string of the molecule is O=C(/C=C/c1ccccc1)C1=C(O)C(=O)N(CCO)[C@@H]1c1cccc([N+](=O)[O-])c1. The average Bonchev–Trinajstić information content (AvgIpc) is 2.98. The average molecular weight is 394 g/mol. The number of rotatable bonds is 7. The van der Waals surface area contributed by atoms with Crippen molar-refractivity contribution in [3.63, 3.8) is 0 Å². The van der Waals surface area contributed by atoms with Gasteiger partial charge in [-0.1, -0.05) is 48.5 Å². The second-order valence-electron chi connectivity index (χ2n) is 6.35. The van der Waals surface area contributed by atoms with Crippen LogP contribution in [0.1, 0.15) is 17.2 Å². The fraction of sp³-hybridized carbons (Fsp3) is 0.143. The Kier molecular flexibility index (Phi) is 5.85. The molecule has 0 aromatic heterocycles. The molecule has 0 radical (unpaired) electrons. The summed E-state index contributed by atoms with van der Waals surface area (Å²) in [6, 6.07) is 13.5. The monoisotopic (exact) mass is 394 g/mol. The number of carbonyl (C=O) groups excluding carboxylic acids is 2. The molecule has 29 heavy (non-hydrogen) atoms. The van der Waals surface area contributed by atoms with Gasteiger partial charge in [0, 0.05) is 18.7 Å². The molecule has 2 N–H and O–H groups in total. The highest BCUT2D eigenvalue weighted by Gasteiger charge is 2.42. The first kappa shape index (κ1) is 20.0. The van der Waals surface area contributed by atoms with E-state index in [1.54, 1.807) is 30.3 Å². The minimum absolute atomic E-state index is 0.143. The Balaban J connectivity index is 2.03. The number of ketones is 1. The van der Waals surface area contributed by atoms with Gasteiger partial charge in [-0.3, -0.25) is 19.7 Å². The molecular weight excluding hydrogens is 376 g/mol. The van der Waals surface area contributed by atoms with Crippen LogP contribution in [0.5, 0.6) is 0 Å². The van der Waals surface area contributed by atoms with Crippen molar-refractivity contribution in [2.75, 3.05) is 13.2 Å². The number of carbonyl (C=O) groups is 2. The number of nitro benzene ring substituents is 1. The number of benzene rings is 2. The van der Waals surface area contributed by atoms with Crippen molar-refractivity contribution >= 4 is 23.5 Å². The Hall–Kier alpha value is -3.78. The Morgan fingerprint density at radius 1 is 1.17 bits per heavy atom. The maximum Gasteiger partial charge on any atom is 0.290 e. The van der Waals surface area contributed by atoms with Crippen LogP contribution in [0.15, 0.2) is 72.0 Å². The molecule has 0 spiro atoms. The molecule has 0 saturated heterocycles. The van der Waals surface area contributed by atoms with Crippen LogP contribution in [0, 0.1) is 10.1 Å². The minimum atomic E-state index is -1.04. The fourth-order valence-corrected chi connectivity index (χ4v) is 3.22. The molecule has 2 aromatic rings. The van der Waals surface area contributed by atoms with Crippen LogP contribution < -0.4 is 0 Å². The lowest BCUT2D eigenvalue weighted by molar-refractivity contribution is -0.384. The summed E-state index contributed by atoms with van der Waals surface area (Å²) in [6.07, 6.45) is 2.78. The molecule has 1 aliphatic rings. The number of non-ortho nitro benzene ring substituents is 1. The molecule has 3 rings (SSSR count). The van der Waals surface area contributed by atoms with Gasteiger partial charge in [-0.05, 0) is 17.2 Å². The molecule has 0 unspecified atom stereocenters. The van der Waals surface area contributed by atoms with Gasteiger partial charge in [0.15, 0.2) is 11.5 Å². The lowest BCUT2D eigenvalue weighted by Crippen LogP contribution is -2.33. The van der Waals surface area contributed by atoms with E-state index in [0.717, 1.165) is 10.5 Å². The largest absolute Gasteiger partial charge is 0.503 e. The molecule has 148 valence electrons. The first-order valence-corrected chi connectivity index (χ1v) is 8.80. The van der Waals surface area contributed by atoms with Gasteiger partial charge in [-0.2, -0.15) is 0 Å². The molecule has 1 aliphatic heterocycles. The number of hydrogen-bond acceptors (Lipinski definition) is 6. The van der Waals surface area contributed by atoms with E-state index in [1.165, 1.54) is 30.3 Å². The third kappa shape index (κ3) is 4.07. The molecule has 0 fully saturated rings. The minimum Gasteiger partial charge on any atom is -0.503 e. The third-order valence-corrected chi connectivity index (χ3v) is 4.53. The van der Waals surface area contributed by atoms with Gasteiger partial charge in [0.2, 0.25) is 0 Å². The van der Waals surface area contributed by atoms with Crippen molar-refractivity contribution in [2.45, 2.75) is 6.04 Å². The molecular formula is C21H18N2O6. The van der Waals surface area contributed by atoms with Crippen LogP contribution >= 0.6 is 0 Å². The maximum absolute atomic E-state index is 12.8. The number of amides is 1. The van der Waals surface area contributed by atoms with Crippen LogP contribution in [0.2, 0.25) is 0 Å². The molecule has 2 aromatic carbocycles. The number of nitrogens with zero attached hydrogens (tertiary/aromatic N) is 2. The Morgan fingerprint density at radius 3 is 2.55 bits per heavy atom. The van der Waals surface area contributed by atoms with Gasteiger partial charge in [0.1, 0.15) is 0 Å². The molecule has 1 atom stereocenters. The topological polar surface area (TPSA) is 121 Å². The summed E-state index contributed by atoms with van der Waals surface area (Å²) < 4.78 is 0. The zero-order chi connectivity index (χ0) is 21.0. The molecule has 1 amide bonds. The maximum atomic E-state index is 12.8. The van der Waals surface area contributed by atoms with Crippen molar-refractivity contribution in [1.29, 1.82) is 0 Å². The quantitative estimate of drug-likeness (QED) is 0.423. The molecule has 8 nitrogen and oxygen atoms in total. The van der Waals surface area contributed by atoms with Crippen LogP contribution in [0.4, 0.5) is 5.69 Å². The first-order chi connectivity index (χ1) is 13.9. The van der Waals surface area contributed by atoms with E-state index in [0.29, 0.717) is 5.56 Å². The summed E-state index contributed by atoms with van der Waals surface area (Å²) in [6.45, 7) is -0.540. The third-order valence-electron chi connectivity index (χ3n) is 4.53. The predicted molar refractivity (Wildman–Crippen MR) is 105 cm³/mol. The predicted octanol–water partition coefficient (Wildman–Crippen LogP) is 2.57. The highest BCUT2D eigenvalue weighted by Crippen LogP contribution is 2.38. The highest BCUT2D eigenvalue weighted by atomic mass is 16.6. The number of allylic oxidation sites excluding steroid dienone is 1. The second kappa shape index (κ2) is 8.49. The number of hydrogen-bond donors (Lipinski definition) is 2. The zero-order valence-electron chi connectivity index (χ0n) is 15.3. The van der Waals surface area contributed by atoms with Crippen LogP contribution in [0.25, 0.3) is 6.08 Å². The van der Waals surface area contributed by atoms with Gasteiger partial charge in [0.25, 0.3) is 11.6 Å². The molecule has 1 heterocycles. The molecule has 0 aliphatic carbocycles. The highest BCUT2D eigenvalue weighted by molar-refractivity contribution is 6.14. The standard InChI is InChI=1S/C21H18N2O6/c24-12-11-22-19(15-7-4-8-16(13-15)23(28)29)18(20(26)21(22)27)17(25)10-9-14-5-2-1-3-6-14/h1-10,13,19,24,26H,11-12H2/b10-9+/t19-/m1/s1. The molecule has 0 saturated carbocycles. The van der Waals surface area contributed by atoms with Crippen LogP contribution in [-0.4, -0.2) is 44.9 Å². The van der Waals surface area contributed by atoms with E-state index < -0.39 is 35.0 Å². The van der Waals surface area contributed by atoms with Crippen molar-refractivity contribution < 1.29 is 24.7 Å². The van der Waals surface area contributed by atoms with Gasteiger partial charge in [-0.25, -0.2) is 0 Å². The van der Waals surface area contributed by atoms with Crippen LogP contribution in [-0.2, 0) is 9.59 Å². The van der Waals surface area contributed by atoms with Gasteiger partial charge in [-0.15, -0.1) is 0 Å². The van der Waals surface area contributed by atoms with Gasteiger partial charge < -0.3 is 15.1 Å². The Morgan fingerprint density at radius 2 is 1.90 bits per heavy atom. The number of aliphatic hydroxyl groups is 2. The van der Waals surface area contributed by atoms with Crippen molar-refractivity contribution in [3.05, 3.63) is 93.2 Å².